The Morgan fingerprint density at radius 3 is 2.61 bits per heavy atom. The van der Waals surface area contributed by atoms with E-state index >= 15 is 0 Å². The fourth-order valence-electron chi connectivity index (χ4n) is 5.40. The van der Waals surface area contributed by atoms with Crippen LogP contribution in [0.2, 0.25) is 0 Å². The molecule has 0 bridgehead atoms. The van der Waals surface area contributed by atoms with Crippen molar-refractivity contribution in [1.29, 1.82) is 0 Å². The topological polar surface area (TPSA) is 52.7 Å². The maximum atomic E-state index is 13.2. The molecule has 2 amide bonds. The summed E-state index contributed by atoms with van der Waals surface area (Å²) in [6, 6.07) is 2.62. The van der Waals surface area contributed by atoms with E-state index in [0.717, 1.165) is 50.4 Å². The number of rotatable bonds is 4. The van der Waals surface area contributed by atoms with E-state index in [9.17, 15) is 9.59 Å². The average Bonchev–Trinajstić information content (AvgIpc) is 3.23. The van der Waals surface area contributed by atoms with Crippen LogP contribution in [0, 0.1) is 5.92 Å². The Morgan fingerprint density at radius 2 is 1.82 bits per heavy atom. The quantitative estimate of drug-likeness (QED) is 0.838. The lowest BCUT2D eigenvalue weighted by Crippen LogP contribution is -2.49. The first-order valence-electron chi connectivity index (χ1n) is 11.0. The number of likely N-dealkylation sites (N-methyl/N-ethyl adjacent to an activating group) is 1. The second-order valence-electron chi connectivity index (χ2n) is 8.68. The van der Waals surface area contributed by atoms with Gasteiger partial charge in [0.15, 0.2) is 0 Å². The first-order chi connectivity index (χ1) is 13.7. The summed E-state index contributed by atoms with van der Waals surface area (Å²) in [6.07, 6.45) is 9.54. The van der Waals surface area contributed by atoms with Crippen molar-refractivity contribution < 1.29 is 9.59 Å². The predicted molar refractivity (Wildman–Crippen MR) is 113 cm³/mol. The molecule has 2 saturated heterocycles. The van der Waals surface area contributed by atoms with Crippen LogP contribution < -0.4 is 5.32 Å². The lowest BCUT2D eigenvalue weighted by Gasteiger charge is -2.44. The third-order valence-electron chi connectivity index (χ3n) is 6.95. The van der Waals surface area contributed by atoms with E-state index < -0.39 is 0 Å². The number of thiophene rings is 1. The van der Waals surface area contributed by atoms with Crippen LogP contribution in [0.25, 0.3) is 0 Å². The van der Waals surface area contributed by atoms with Gasteiger partial charge in [0.2, 0.25) is 5.91 Å². The summed E-state index contributed by atoms with van der Waals surface area (Å²) >= 11 is 1.73. The SMILES string of the molecule is CNCC(=O)N1CCC(c2cc(C(=O)N3CCC[C@H]4CCCC[C@H]43)cs2)CC1. The van der Waals surface area contributed by atoms with Crippen LogP contribution in [0.1, 0.15) is 72.5 Å². The molecule has 1 N–H and O–H groups in total. The number of carbonyl (C=O) groups excluding carboxylic acids is 2. The number of hydrogen-bond acceptors (Lipinski definition) is 4. The number of nitrogens with zero attached hydrogens (tertiary/aromatic N) is 2. The molecule has 0 spiro atoms. The van der Waals surface area contributed by atoms with Gasteiger partial charge in [-0.05, 0) is 63.5 Å². The van der Waals surface area contributed by atoms with Gasteiger partial charge in [-0.15, -0.1) is 11.3 Å². The van der Waals surface area contributed by atoms with Crippen LogP contribution in [0.3, 0.4) is 0 Å². The summed E-state index contributed by atoms with van der Waals surface area (Å²) in [5, 5.41) is 5.02. The van der Waals surface area contributed by atoms with Gasteiger partial charge in [-0.25, -0.2) is 0 Å². The molecule has 4 rings (SSSR count). The third kappa shape index (κ3) is 4.13. The fourth-order valence-corrected chi connectivity index (χ4v) is 6.45. The van der Waals surface area contributed by atoms with Crippen LogP contribution in [-0.4, -0.2) is 60.9 Å². The van der Waals surface area contributed by atoms with E-state index in [1.165, 1.54) is 37.0 Å². The van der Waals surface area contributed by atoms with Gasteiger partial charge in [0.25, 0.3) is 5.91 Å². The van der Waals surface area contributed by atoms with Gasteiger partial charge in [-0.3, -0.25) is 9.59 Å². The number of likely N-dealkylation sites (tertiary alicyclic amines) is 2. The Hall–Kier alpha value is -1.40. The average molecular weight is 404 g/mol. The highest BCUT2D eigenvalue weighted by Crippen LogP contribution is 2.37. The fraction of sp³-hybridized carbons (Fsp3) is 0.727. The van der Waals surface area contributed by atoms with Crippen molar-refractivity contribution in [2.75, 3.05) is 33.2 Å². The van der Waals surface area contributed by atoms with Crippen molar-refractivity contribution in [1.82, 2.24) is 15.1 Å². The molecule has 1 saturated carbocycles. The molecule has 6 heteroatoms. The molecule has 3 aliphatic rings. The molecule has 5 nitrogen and oxygen atoms in total. The van der Waals surface area contributed by atoms with E-state index in [0.29, 0.717) is 18.5 Å². The highest BCUT2D eigenvalue weighted by atomic mass is 32.1. The highest BCUT2D eigenvalue weighted by molar-refractivity contribution is 7.10. The Bertz CT molecular complexity index is 694. The molecule has 154 valence electrons. The zero-order valence-electron chi connectivity index (χ0n) is 17.0. The van der Waals surface area contributed by atoms with E-state index in [-0.39, 0.29) is 11.8 Å². The first kappa shape index (κ1) is 19.9. The smallest absolute Gasteiger partial charge is 0.254 e. The number of piperidine rings is 2. The second kappa shape index (κ2) is 8.95. The van der Waals surface area contributed by atoms with Gasteiger partial charge >= 0.3 is 0 Å². The normalized spacial score (nSPS) is 26.2. The third-order valence-corrected chi connectivity index (χ3v) is 8.04. The molecule has 0 radical (unpaired) electrons. The standard InChI is InChI=1S/C22H33N3O2S/c1-23-14-21(26)24-11-8-17(9-12-24)20-13-18(15-28-20)22(27)25-10-4-6-16-5-2-3-7-19(16)25/h13,15-17,19,23H,2-12,14H2,1H3/t16-,19-/m1/s1. The summed E-state index contributed by atoms with van der Waals surface area (Å²) < 4.78 is 0. The van der Waals surface area contributed by atoms with Crippen LogP contribution in [0.5, 0.6) is 0 Å². The second-order valence-corrected chi connectivity index (χ2v) is 9.62. The van der Waals surface area contributed by atoms with Crippen molar-refractivity contribution in [2.45, 2.75) is 63.3 Å². The van der Waals surface area contributed by atoms with Gasteiger partial charge in [0.05, 0.1) is 12.1 Å². The van der Waals surface area contributed by atoms with Gasteiger partial charge in [-0.1, -0.05) is 12.8 Å². The monoisotopic (exact) mass is 403 g/mol. The molecule has 0 unspecified atom stereocenters. The van der Waals surface area contributed by atoms with Crippen molar-refractivity contribution in [3.05, 3.63) is 21.9 Å². The molecule has 0 aromatic carbocycles. The molecular formula is C22H33N3O2S. The molecule has 3 heterocycles. The molecule has 2 atom stereocenters. The molecule has 28 heavy (non-hydrogen) atoms. The Balaban J connectivity index is 1.38. The molecule has 3 fully saturated rings. The Kier molecular flexibility index (Phi) is 6.36. The van der Waals surface area contributed by atoms with E-state index in [1.807, 2.05) is 11.9 Å². The zero-order valence-corrected chi connectivity index (χ0v) is 17.8. The van der Waals surface area contributed by atoms with Crippen molar-refractivity contribution in [3.8, 4) is 0 Å². The number of amides is 2. The largest absolute Gasteiger partial charge is 0.342 e. The van der Waals surface area contributed by atoms with Crippen molar-refractivity contribution in [3.63, 3.8) is 0 Å². The van der Waals surface area contributed by atoms with Crippen LogP contribution in [0.4, 0.5) is 0 Å². The summed E-state index contributed by atoms with van der Waals surface area (Å²) in [7, 11) is 1.81. The van der Waals surface area contributed by atoms with Crippen molar-refractivity contribution >= 4 is 23.2 Å². The van der Waals surface area contributed by atoms with Crippen LogP contribution >= 0.6 is 11.3 Å². The molecule has 2 aliphatic heterocycles. The Morgan fingerprint density at radius 1 is 1.07 bits per heavy atom. The zero-order chi connectivity index (χ0) is 19.5. The van der Waals surface area contributed by atoms with Gasteiger partial charge in [-0.2, -0.15) is 0 Å². The Labute approximate surface area is 172 Å². The maximum Gasteiger partial charge on any atom is 0.254 e. The summed E-state index contributed by atoms with van der Waals surface area (Å²) in [5.74, 6) is 1.65. The summed E-state index contributed by atoms with van der Waals surface area (Å²) in [5.41, 5.74) is 0.889. The summed E-state index contributed by atoms with van der Waals surface area (Å²) in [4.78, 5) is 30.8. The van der Waals surface area contributed by atoms with Gasteiger partial charge in [0.1, 0.15) is 0 Å². The summed E-state index contributed by atoms with van der Waals surface area (Å²) in [6.45, 7) is 2.99. The van der Waals surface area contributed by atoms with E-state index in [4.69, 9.17) is 0 Å². The molecule has 1 aromatic heterocycles. The van der Waals surface area contributed by atoms with Crippen LogP contribution in [0.15, 0.2) is 11.4 Å². The molecule has 1 aliphatic carbocycles. The molecular weight excluding hydrogens is 370 g/mol. The highest BCUT2D eigenvalue weighted by Gasteiger charge is 2.36. The lowest BCUT2D eigenvalue weighted by molar-refractivity contribution is -0.131. The number of nitrogens with one attached hydrogen (secondary N) is 1. The minimum atomic E-state index is 0.190. The van der Waals surface area contributed by atoms with E-state index in [2.05, 4.69) is 21.7 Å². The van der Waals surface area contributed by atoms with Gasteiger partial charge < -0.3 is 15.1 Å². The molecule has 1 aromatic rings. The lowest BCUT2D eigenvalue weighted by atomic mass is 9.78. The van der Waals surface area contributed by atoms with E-state index in [1.54, 1.807) is 11.3 Å². The predicted octanol–water partition coefficient (Wildman–Crippen LogP) is 3.47. The minimum Gasteiger partial charge on any atom is -0.342 e. The maximum absolute atomic E-state index is 13.2. The number of fused-ring (bicyclic) bond motifs is 1. The minimum absolute atomic E-state index is 0.190. The first-order valence-corrected chi connectivity index (χ1v) is 11.9. The van der Waals surface area contributed by atoms with Gasteiger partial charge in [0, 0.05) is 35.9 Å². The number of carbonyl (C=O) groups is 2. The van der Waals surface area contributed by atoms with Crippen LogP contribution in [-0.2, 0) is 4.79 Å². The van der Waals surface area contributed by atoms with Crippen molar-refractivity contribution in [2.24, 2.45) is 5.92 Å². The number of hydrogen-bond donors (Lipinski definition) is 1.